The minimum atomic E-state index is -0.858. The van der Waals surface area contributed by atoms with Gasteiger partial charge in [-0.05, 0) is 48.5 Å². The van der Waals surface area contributed by atoms with Crippen molar-refractivity contribution in [2.24, 2.45) is 0 Å². The number of rotatable bonds is 6. The molecule has 0 radical (unpaired) electrons. The fourth-order valence-corrected chi connectivity index (χ4v) is 3.64. The summed E-state index contributed by atoms with van der Waals surface area (Å²) < 4.78 is 28.8. The minimum Gasteiger partial charge on any atom is -0.305 e. The molecular weight excluding hydrogens is 450 g/mol. The molecule has 0 fully saturated rings. The number of nitrogens with one attached hydrogen (secondary N) is 2. The van der Waals surface area contributed by atoms with Crippen molar-refractivity contribution in [3.8, 4) is 17.1 Å². The molecule has 0 saturated heterocycles. The Morgan fingerprint density at radius 1 is 0.939 bits per heavy atom. The number of carbonyl (C=O) groups is 2. The summed E-state index contributed by atoms with van der Waals surface area (Å²) in [6, 6.07) is 14.0. The summed E-state index contributed by atoms with van der Waals surface area (Å²) in [7, 11) is 0. The summed E-state index contributed by atoms with van der Waals surface area (Å²) in [6.45, 7) is 0. The highest BCUT2D eigenvalue weighted by molar-refractivity contribution is 7.99. The van der Waals surface area contributed by atoms with Crippen LogP contribution in [0.15, 0.2) is 78.2 Å². The molecule has 2 N–H and O–H groups in total. The second kappa shape index (κ2) is 10.0. The molecule has 2 aromatic carbocycles. The smallest absolute Gasteiger partial charge is 0.305 e. The van der Waals surface area contributed by atoms with Crippen LogP contribution < -0.4 is 10.6 Å². The van der Waals surface area contributed by atoms with Crippen molar-refractivity contribution in [3.05, 3.63) is 84.7 Å². The lowest BCUT2D eigenvalue weighted by molar-refractivity contribution is -0.117. The molecule has 4 aromatic rings. The number of anilines is 1. The zero-order valence-corrected chi connectivity index (χ0v) is 17.7. The Balaban J connectivity index is 1.49. The van der Waals surface area contributed by atoms with Gasteiger partial charge in [0.25, 0.3) is 0 Å². The average Bonchev–Trinajstić information content (AvgIpc) is 3.24. The van der Waals surface area contributed by atoms with Gasteiger partial charge in [0.15, 0.2) is 11.0 Å². The molecule has 0 unspecified atom stereocenters. The lowest BCUT2D eigenvalue weighted by Crippen LogP contribution is -2.35. The number of carbonyl (C=O) groups excluding carboxylic acids is 2. The molecule has 0 bridgehead atoms. The molecular formula is C22H16F2N6O2S. The highest BCUT2D eigenvalue weighted by Crippen LogP contribution is 2.27. The lowest BCUT2D eigenvalue weighted by Gasteiger charge is -2.10. The molecule has 0 aliphatic carbocycles. The van der Waals surface area contributed by atoms with Crippen LogP contribution in [0.5, 0.6) is 0 Å². The maximum atomic E-state index is 13.7. The van der Waals surface area contributed by atoms with Gasteiger partial charge in [0.05, 0.1) is 11.4 Å². The first-order valence-corrected chi connectivity index (χ1v) is 10.6. The Morgan fingerprint density at radius 3 is 2.39 bits per heavy atom. The van der Waals surface area contributed by atoms with Gasteiger partial charge in [-0.2, -0.15) is 0 Å². The Morgan fingerprint density at radius 2 is 1.67 bits per heavy atom. The number of benzene rings is 2. The molecule has 33 heavy (non-hydrogen) atoms. The Kier molecular flexibility index (Phi) is 6.69. The number of aromatic nitrogens is 4. The van der Waals surface area contributed by atoms with E-state index in [4.69, 9.17) is 0 Å². The third-order valence-corrected chi connectivity index (χ3v) is 5.29. The van der Waals surface area contributed by atoms with E-state index >= 15 is 0 Å². The normalized spacial score (nSPS) is 10.6. The summed E-state index contributed by atoms with van der Waals surface area (Å²) in [5.41, 5.74) is 1.27. The highest BCUT2D eigenvalue weighted by atomic mass is 32.2. The maximum Gasteiger partial charge on any atom is 0.325 e. The molecule has 0 aliphatic heterocycles. The van der Waals surface area contributed by atoms with E-state index in [1.54, 1.807) is 47.3 Å². The topological polar surface area (TPSA) is 102 Å². The summed E-state index contributed by atoms with van der Waals surface area (Å²) in [5.74, 6) is -1.32. The van der Waals surface area contributed by atoms with Gasteiger partial charge in [0.2, 0.25) is 5.91 Å². The average molecular weight is 466 g/mol. The first-order valence-electron chi connectivity index (χ1n) is 9.61. The van der Waals surface area contributed by atoms with E-state index in [2.05, 4.69) is 25.8 Å². The number of halogens is 2. The molecule has 3 amide bonds. The van der Waals surface area contributed by atoms with Crippen molar-refractivity contribution in [1.82, 2.24) is 25.1 Å². The minimum absolute atomic E-state index is 0.0477. The molecule has 2 aromatic heterocycles. The van der Waals surface area contributed by atoms with Crippen LogP contribution in [-0.2, 0) is 4.79 Å². The van der Waals surface area contributed by atoms with E-state index in [0.29, 0.717) is 16.7 Å². The maximum absolute atomic E-state index is 13.7. The van der Waals surface area contributed by atoms with E-state index < -0.39 is 23.6 Å². The number of pyridine rings is 1. The number of amides is 3. The van der Waals surface area contributed by atoms with Gasteiger partial charge in [-0.3, -0.25) is 19.7 Å². The van der Waals surface area contributed by atoms with Crippen molar-refractivity contribution in [1.29, 1.82) is 0 Å². The van der Waals surface area contributed by atoms with E-state index in [1.807, 2.05) is 0 Å². The third-order valence-electron chi connectivity index (χ3n) is 4.36. The van der Waals surface area contributed by atoms with Gasteiger partial charge in [0.1, 0.15) is 11.6 Å². The molecule has 0 saturated carbocycles. The van der Waals surface area contributed by atoms with E-state index in [0.717, 1.165) is 17.3 Å². The number of nitrogens with zero attached hydrogens (tertiary/aromatic N) is 4. The second-order valence-electron chi connectivity index (χ2n) is 6.62. The second-order valence-corrected chi connectivity index (χ2v) is 7.57. The van der Waals surface area contributed by atoms with E-state index in [1.165, 1.54) is 30.3 Å². The number of para-hydroxylation sites is 1. The first kappa shape index (κ1) is 22.1. The monoisotopic (exact) mass is 466 g/mol. The molecule has 0 spiro atoms. The van der Waals surface area contributed by atoms with Gasteiger partial charge < -0.3 is 5.32 Å². The summed E-state index contributed by atoms with van der Waals surface area (Å²) >= 11 is 1.03. The van der Waals surface area contributed by atoms with Crippen molar-refractivity contribution >= 4 is 29.4 Å². The van der Waals surface area contributed by atoms with Gasteiger partial charge in [-0.1, -0.05) is 23.9 Å². The van der Waals surface area contributed by atoms with Crippen molar-refractivity contribution in [2.75, 3.05) is 11.1 Å². The Bertz CT molecular complexity index is 1280. The number of urea groups is 1. The van der Waals surface area contributed by atoms with Gasteiger partial charge in [-0.25, -0.2) is 13.6 Å². The number of hydrogen-bond donors (Lipinski definition) is 2. The SMILES string of the molecule is O=C(CSc1nnc(-c2ccncc2)n1-c1ccc(F)cc1)NC(=O)Nc1ccccc1F. The fraction of sp³-hybridized carbons (Fsp3) is 0.0455. The molecule has 166 valence electrons. The quantitative estimate of drug-likeness (QED) is 0.416. The molecule has 8 nitrogen and oxygen atoms in total. The van der Waals surface area contributed by atoms with E-state index in [9.17, 15) is 18.4 Å². The number of imide groups is 1. The van der Waals surface area contributed by atoms with Gasteiger partial charge in [-0.15, -0.1) is 10.2 Å². The third kappa shape index (κ3) is 5.39. The molecule has 11 heteroatoms. The van der Waals surface area contributed by atoms with Crippen LogP contribution in [0.3, 0.4) is 0 Å². The lowest BCUT2D eigenvalue weighted by atomic mass is 10.2. The van der Waals surface area contributed by atoms with E-state index in [-0.39, 0.29) is 11.4 Å². The van der Waals surface area contributed by atoms with Crippen LogP contribution in [0.25, 0.3) is 17.1 Å². The highest BCUT2D eigenvalue weighted by Gasteiger charge is 2.18. The van der Waals surface area contributed by atoms with Crippen LogP contribution in [-0.4, -0.2) is 37.4 Å². The predicted octanol–water partition coefficient (Wildman–Crippen LogP) is 4.05. The van der Waals surface area contributed by atoms with Crippen molar-refractivity contribution in [3.63, 3.8) is 0 Å². The standard InChI is InChI=1S/C22H16F2N6O2S/c23-15-5-7-16(8-6-15)30-20(14-9-11-25-12-10-14)28-29-22(30)33-13-19(31)27-21(32)26-18-4-2-1-3-17(18)24/h1-12H,13H2,(H2,26,27,31,32). The summed E-state index contributed by atoms with van der Waals surface area (Å²) in [5, 5.41) is 13.1. The first-order chi connectivity index (χ1) is 16.0. The molecule has 0 atom stereocenters. The number of thioether (sulfide) groups is 1. The molecule has 2 heterocycles. The predicted molar refractivity (Wildman–Crippen MR) is 119 cm³/mol. The van der Waals surface area contributed by atoms with Crippen LogP contribution >= 0.6 is 11.8 Å². The van der Waals surface area contributed by atoms with Crippen LogP contribution in [0, 0.1) is 11.6 Å². The fourth-order valence-electron chi connectivity index (χ4n) is 2.88. The molecule has 4 rings (SSSR count). The molecule has 0 aliphatic rings. The summed E-state index contributed by atoms with van der Waals surface area (Å²) in [6.07, 6.45) is 3.21. The Hall–Kier alpha value is -4.12. The van der Waals surface area contributed by atoms with Crippen LogP contribution in [0.1, 0.15) is 0 Å². The van der Waals surface area contributed by atoms with Crippen LogP contribution in [0.2, 0.25) is 0 Å². The number of hydrogen-bond acceptors (Lipinski definition) is 6. The van der Waals surface area contributed by atoms with Crippen molar-refractivity contribution < 1.29 is 18.4 Å². The van der Waals surface area contributed by atoms with Gasteiger partial charge >= 0.3 is 6.03 Å². The van der Waals surface area contributed by atoms with Crippen molar-refractivity contribution in [2.45, 2.75) is 5.16 Å². The summed E-state index contributed by atoms with van der Waals surface area (Å²) in [4.78, 5) is 28.3. The Labute approximate surface area is 191 Å². The van der Waals surface area contributed by atoms with Crippen LogP contribution in [0.4, 0.5) is 19.3 Å². The zero-order chi connectivity index (χ0) is 23.2. The zero-order valence-electron chi connectivity index (χ0n) is 16.9. The largest absolute Gasteiger partial charge is 0.325 e. The van der Waals surface area contributed by atoms with Gasteiger partial charge in [0, 0.05) is 23.6 Å².